The van der Waals surface area contributed by atoms with Crippen LogP contribution in [0.4, 0.5) is 0 Å². The van der Waals surface area contributed by atoms with Gasteiger partial charge in [0.1, 0.15) is 0 Å². The molecule has 4 atom stereocenters. The molecule has 3 aliphatic rings. The average molecular weight is 140 g/mol. The summed E-state index contributed by atoms with van der Waals surface area (Å²) >= 11 is 2.30. The van der Waals surface area contributed by atoms with Gasteiger partial charge in [-0.15, -0.1) is 0 Å². The van der Waals surface area contributed by atoms with Crippen LogP contribution in [0.2, 0.25) is 0 Å². The molecule has 0 aromatic heterocycles. The summed E-state index contributed by atoms with van der Waals surface area (Å²) in [6.45, 7) is 0. The van der Waals surface area contributed by atoms with Crippen LogP contribution in [-0.4, -0.2) is 10.5 Å². The topological polar surface area (TPSA) is 0 Å². The van der Waals surface area contributed by atoms with Crippen molar-refractivity contribution in [3.8, 4) is 0 Å². The second-order valence-corrected chi connectivity index (χ2v) is 5.31. The van der Waals surface area contributed by atoms with Crippen LogP contribution in [0.25, 0.3) is 0 Å². The molecule has 0 amide bonds. The van der Waals surface area contributed by atoms with Gasteiger partial charge in [0.2, 0.25) is 0 Å². The van der Waals surface area contributed by atoms with Gasteiger partial charge in [0, 0.05) is 10.5 Å². The Labute approximate surface area is 60.4 Å². The molecule has 1 heterocycles. The minimum absolute atomic E-state index is 1.10. The zero-order chi connectivity index (χ0) is 5.84. The molecular weight excluding hydrogens is 128 g/mol. The molecule has 2 saturated carbocycles. The van der Waals surface area contributed by atoms with Gasteiger partial charge in [0.25, 0.3) is 0 Å². The predicted molar refractivity (Wildman–Crippen MR) is 40.6 cm³/mol. The standard InChI is InChI=1S/C8H12S/c1-2-8-7-4-6(9-8)3-5(1)7/h5-8H,1-4H2. The Kier molecular flexibility index (Phi) is 0.843. The first-order chi connectivity index (χ1) is 4.43. The molecular formula is C8H12S. The van der Waals surface area contributed by atoms with E-state index in [1.807, 2.05) is 0 Å². The first kappa shape index (κ1) is 5.06. The summed E-state index contributed by atoms with van der Waals surface area (Å²) in [5, 5.41) is 2.22. The van der Waals surface area contributed by atoms with E-state index in [4.69, 9.17) is 0 Å². The summed E-state index contributed by atoms with van der Waals surface area (Å²) in [4.78, 5) is 0. The third kappa shape index (κ3) is 0.524. The number of rotatable bonds is 0. The molecule has 0 spiro atoms. The van der Waals surface area contributed by atoms with Crippen LogP contribution in [-0.2, 0) is 0 Å². The van der Waals surface area contributed by atoms with Crippen LogP contribution in [0, 0.1) is 11.8 Å². The second-order valence-electron chi connectivity index (χ2n) is 3.77. The van der Waals surface area contributed by atoms with E-state index in [1.54, 1.807) is 25.7 Å². The van der Waals surface area contributed by atoms with E-state index in [2.05, 4.69) is 11.8 Å². The Bertz CT molecular complexity index is 127. The SMILES string of the molecule is C1CC2SC3CC1C2C3. The van der Waals surface area contributed by atoms with E-state index >= 15 is 0 Å². The number of fused-ring (bicyclic) bond motifs is 1. The van der Waals surface area contributed by atoms with E-state index in [0.29, 0.717) is 0 Å². The second kappa shape index (κ2) is 1.50. The van der Waals surface area contributed by atoms with Crippen LogP contribution in [0.3, 0.4) is 0 Å². The molecule has 1 aliphatic heterocycles. The Morgan fingerprint density at radius 2 is 2.11 bits per heavy atom. The maximum absolute atomic E-state index is 2.30. The fourth-order valence-electron chi connectivity index (χ4n) is 3.01. The fraction of sp³-hybridized carbons (Fsp3) is 1.00. The van der Waals surface area contributed by atoms with Crippen molar-refractivity contribution in [1.82, 2.24) is 0 Å². The summed E-state index contributed by atoms with van der Waals surface area (Å²) in [6.07, 6.45) is 6.28. The minimum atomic E-state index is 1.10. The molecule has 0 nitrogen and oxygen atoms in total. The van der Waals surface area contributed by atoms with Crippen molar-refractivity contribution < 1.29 is 0 Å². The Morgan fingerprint density at radius 1 is 1.11 bits per heavy atom. The minimum Gasteiger partial charge on any atom is -0.155 e. The van der Waals surface area contributed by atoms with E-state index in [1.165, 1.54) is 11.8 Å². The maximum Gasteiger partial charge on any atom is 0.00812 e. The first-order valence-corrected chi connectivity index (χ1v) is 5.03. The van der Waals surface area contributed by atoms with Gasteiger partial charge >= 0.3 is 0 Å². The summed E-state index contributed by atoms with van der Waals surface area (Å²) < 4.78 is 0. The normalized spacial score (nSPS) is 61.3. The zero-order valence-corrected chi connectivity index (χ0v) is 6.36. The van der Waals surface area contributed by atoms with Crippen LogP contribution in [0.15, 0.2) is 0 Å². The van der Waals surface area contributed by atoms with Gasteiger partial charge in [-0.3, -0.25) is 0 Å². The molecule has 0 radical (unpaired) electrons. The van der Waals surface area contributed by atoms with Crippen molar-refractivity contribution in [2.75, 3.05) is 0 Å². The van der Waals surface area contributed by atoms with Crippen molar-refractivity contribution in [1.29, 1.82) is 0 Å². The number of hydrogen-bond acceptors (Lipinski definition) is 1. The maximum atomic E-state index is 2.30. The summed E-state index contributed by atoms with van der Waals surface area (Å²) in [5.74, 6) is 2.36. The summed E-state index contributed by atoms with van der Waals surface area (Å²) in [7, 11) is 0. The van der Waals surface area contributed by atoms with Gasteiger partial charge in [-0.2, -0.15) is 11.8 Å². The molecule has 3 rings (SSSR count). The highest BCUT2D eigenvalue weighted by Crippen LogP contribution is 2.59. The molecule has 2 aliphatic carbocycles. The fourth-order valence-corrected chi connectivity index (χ4v) is 5.01. The van der Waals surface area contributed by atoms with Crippen molar-refractivity contribution in [2.24, 2.45) is 11.8 Å². The molecule has 0 aromatic rings. The third-order valence-electron chi connectivity index (χ3n) is 3.37. The van der Waals surface area contributed by atoms with Gasteiger partial charge < -0.3 is 0 Å². The monoisotopic (exact) mass is 140 g/mol. The van der Waals surface area contributed by atoms with Gasteiger partial charge in [0.15, 0.2) is 0 Å². The first-order valence-electron chi connectivity index (χ1n) is 4.09. The quantitative estimate of drug-likeness (QED) is 0.497. The van der Waals surface area contributed by atoms with Crippen LogP contribution >= 0.6 is 11.8 Å². The lowest BCUT2D eigenvalue weighted by molar-refractivity contribution is 0.461. The van der Waals surface area contributed by atoms with Gasteiger partial charge in [0.05, 0.1) is 0 Å². The lowest BCUT2D eigenvalue weighted by atomic mass is 10.0. The van der Waals surface area contributed by atoms with Gasteiger partial charge in [-0.1, -0.05) is 0 Å². The average Bonchev–Trinajstić information content (AvgIpc) is 2.35. The summed E-state index contributed by atoms with van der Waals surface area (Å²) in [5.41, 5.74) is 0. The molecule has 1 heteroatoms. The highest BCUT2D eigenvalue weighted by atomic mass is 32.2. The van der Waals surface area contributed by atoms with Crippen molar-refractivity contribution in [3.05, 3.63) is 0 Å². The van der Waals surface area contributed by atoms with Crippen LogP contribution in [0.5, 0.6) is 0 Å². The van der Waals surface area contributed by atoms with E-state index < -0.39 is 0 Å². The molecule has 0 aromatic carbocycles. The highest BCUT2D eigenvalue weighted by molar-refractivity contribution is 8.00. The number of thioether (sulfide) groups is 1. The predicted octanol–water partition coefficient (Wildman–Crippen LogP) is 2.29. The molecule has 9 heavy (non-hydrogen) atoms. The number of hydrogen-bond donors (Lipinski definition) is 0. The van der Waals surface area contributed by atoms with E-state index in [-0.39, 0.29) is 0 Å². The van der Waals surface area contributed by atoms with Crippen LogP contribution in [0.1, 0.15) is 25.7 Å². The molecule has 50 valence electrons. The molecule has 1 saturated heterocycles. The Balaban J connectivity index is 2.02. The molecule has 0 N–H and O–H groups in total. The molecule has 2 bridgehead atoms. The lowest BCUT2D eigenvalue weighted by Gasteiger charge is -2.16. The largest absolute Gasteiger partial charge is 0.155 e. The van der Waals surface area contributed by atoms with Crippen molar-refractivity contribution >= 4 is 11.8 Å². The highest BCUT2D eigenvalue weighted by Gasteiger charge is 2.50. The van der Waals surface area contributed by atoms with Gasteiger partial charge in [-0.05, 0) is 37.5 Å². The zero-order valence-electron chi connectivity index (χ0n) is 5.55. The Hall–Kier alpha value is 0.350. The van der Waals surface area contributed by atoms with E-state index in [0.717, 1.165) is 10.5 Å². The Morgan fingerprint density at radius 3 is 2.78 bits per heavy atom. The van der Waals surface area contributed by atoms with Crippen LogP contribution < -0.4 is 0 Å². The van der Waals surface area contributed by atoms with Crippen molar-refractivity contribution in [2.45, 2.75) is 36.2 Å². The van der Waals surface area contributed by atoms with Crippen molar-refractivity contribution in [3.63, 3.8) is 0 Å². The lowest BCUT2D eigenvalue weighted by Crippen LogP contribution is -2.10. The molecule has 3 fully saturated rings. The third-order valence-corrected chi connectivity index (χ3v) is 5.08. The summed E-state index contributed by atoms with van der Waals surface area (Å²) in [6, 6.07) is 0. The van der Waals surface area contributed by atoms with Gasteiger partial charge in [-0.25, -0.2) is 0 Å². The smallest absolute Gasteiger partial charge is 0.00812 e. The molecule has 4 unspecified atom stereocenters. The van der Waals surface area contributed by atoms with E-state index in [9.17, 15) is 0 Å².